The Labute approximate surface area is 151 Å². The molecule has 4 aliphatic rings. The molecule has 0 spiro atoms. The molecule has 0 amide bonds. The van der Waals surface area contributed by atoms with E-state index in [0.717, 1.165) is 31.2 Å². The molecule has 4 atom stereocenters. The Morgan fingerprint density at radius 3 is 2.64 bits per heavy atom. The van der Waals surface area contributed by atoms with Gasteiger partial charge in [0.25, 0.3) is 0 Å². The van der Waals surface area contributed by atoms with Gasteiger partial charge in [-0.1, -0.05) is 38.2 Å². The van der Waals surface area contributed by atoms with E-state index >= 15 is 0 Å². The molecule has 2 aliphatic heterocycles. The summed E-state index contributed by atoms with van der Waals surface area (Å²) < 4.78 is 0. The fourth-order valence-corrected chi connectivity index (χ4v) is 3.75. The molecule has 0 radical (unpaired) electrons. The zero-order chi connectivity index (χ0) is 17.4. The molecule has 1 N–H and O–H groups in total. The van der Waals surface area contributed by atoms with E-state index in [2.05, 4.69) is 61.4 Å². The number of hydrogen-bond acceptors (Lipinski definition) is 4. The van der Waals surface area contributed by atoms with Crippen LogP contribution in [-0.2, 0) is 0 Å². The number of fused-ring (bicyclic) bond motifs is 1. The van der Waals surface area contributed by atoms with Crippen molar-refractivity contribution in [3.8, 4) is 0 Å². The Bertz CT molecular complexity index is 665. The van der Waals surface area contributed by atoms with Crippen LogP contribution in [0.4, 0.5) is 0 Å². The first-order chi connectivity index (χ1) is 12.1. The van der Waals surface area contributed by atoms with E-state index in [0.29, 0.717) is 17.9 Å². The molecule has 25 heavy (non-hydrogen) atoms. The molecule has 0 aromatic carbocycles. The van der Waals surface area contributed by atoms with Gasteiger partial charge in [0.05, 0.1) is 6.04 Å². The SMILES string of the molecule is CC1C=C(C2N=C(NC3CC3)N3CCC(C)C=CC3=NC2C)C=CC1. The summed E-state index contributed by atoms with van der Waals surface area (Å²) >= 11 is 0. The van der Waals surface area contributed by atoms with Crippen LogP contribution in [0.2, 0.25) is 0 Å². The third-order valence-electron chi connectivity index (χ3n) is 5.52. The van der Waals surface area contributed by atoms with Gasteiger partial charge in [-0.25, -0.2) is 4.99 Å². The maximum atomic E-state index is 5.21. The molecule has 1 fully saturated rings. The average molecular weight is 338 g/mol. The molecule has 2 heterocycles. The van der Waals surface area contributed by atoms with Gasteiger partial charge in [-0.3, -0.25) is 9.89 Å². The van der Waals surface area contributed by atoms with E-state index in [1.807, 2.05) is 0 Å². The summed E-state index contributed by atoms with van der Waals surface area (Å²) in [5.74, 6) is 3.28. The Balaban J connectivity index is 1.71. The van der Waals surface area contributed by atoms with Crippen LogP contribution < -0.4 is 5.32 Å². The topological polar surface area (TPSA) is 40.0 Å². The number of nitrogens with zero attached hydrogens (tertiary/aromatic N) is 3. The first kappa shape index (κ1) is 16.6. The van der Waals surface area contributed by atoms with Crippen molar-refractivity contribution in [3.05, 3.63) is 36.0 Å². The molecule has 4 heteroatoms. The highest BCUT2D eigenvalue weighted by Crippen LogP contribution is 2.27. The van der Waals surface area contributed by atoms with Crippen LogP contribution in [-0.4, -0.2) is 41.4 Å². The smallest absolute Gasteiger partial charge is 0.200 e. The lowest BCUT2D eigenvalue weighted by atomic mass is 9.91. The van der Waals surface area contributed by atoms with Crippen LogP contribution in [0.25, 0.3) is 0 Å². The van der Waals surface area contributed by atoms with E-state index < -0.39 is 0 Å². The highest BCUT2D eigenvalue weighted by molar-refractivity contribution is 6.06. The average Bonchev–Trinajstić information content (AvgIpc) is 3.41. The molecule has 4 nitrogen and oxygen atoms in total. The van der Waals surface area contributed by atoms with E-state index in [-0.39, 0.29) is 12.1 Å². The van der Waals surface area contributed by atoms with Crippen LogP contribution >= 0.6 is 0 Å². The van der Waals surface area contributed by atoms with E-state index in [1.54, 1.807) is 0 Å². The number of allylic oxidation sites excluding steroid dienone is 3. The van der Waals surface area contributed by atoms with Gasteiger partial charge in [0.1, 0.15) is 11.9 Å². The van der Waals surface area contributed by atoms with Crippen molar-refractivity contribution in [3.63, 3.8) is 0 Å². The van der Waals surface area contributed by atoms with Crippen molar-refractivity contribution in [2.45, 2.75) is 64.6 Å². The van der Waals surface area contributed by atoms with Crippen LogP contribution in [0.3, 0.4) is 0 Å². The molecule has 4 rings (SSSR count). The molecule has 4 unspecified atom stereocenters. The highest BCUT2D eigenvalue weighted by Gasteiger charge is 2.32. The van der Waals surface area contributed by atoms with Gasteiger partial charge < -0.3 is 5.32 Å². The summed E-state index contributed by atoms with van der Waals surface area (Å²) in [7, 11) is 0. The van der Waals surface area contributed by atoms with Crippen molar-refractivity contribution >= 4 is 11.8 Å². The van der Waals surface area contributed by atoms with Crippen LogP contribution in [0, 0.1) is 11.8 Å². The minimum atomic E-state index is 0.102. The minimum absolute atomic E-state index is 0.102. The third-order valence-corrected chi connectivity index (χ3v) is 5.52. The lowest BCUT2D eigenvalue weighted by molar-refractivity contribution is 0.515. The first-order valence-corrected chi connectivity index (χ1v) is 9.86. The zero-order valence-electron chi connectivity index (χ0n) is 15.7. The quantitative estimate of drug-likeness (QED) is 0.834. The number of aliphatic imine (C=N–C) groups is 2. The van der Waals surface area contributed by atoms with Crippen molar-refractivity contribution in [2.24, 2.45) is 21.8 Å². The Hall–Kier alpha value is -1.84. The van der Waals surface area contributed by atoms with E-state index in [9.17, 15) is 0 Å². The molecular formula is C21H30N4. The second-order valence-corrected chi connectivity index (χ2v) is 8.10. The van der Waals surface area contributed by atoms with Gasteiger partial charge in [0.2, 0.25) is 5.96 Å². The normalized spacial score (nSPS) is 35.2. The van der Waals surface area contributed by atoms with Gasteiger partial charge in [-0.2, -0.15) is 0 Å². The summed E-state index contributed by atoms with van der Waals surface area (Å²) in [6.45, 7) is 7.74. The van der Waals surface area contributed by atoms with Gasteiger partial charge in [-0.05, 0) is 56.1 Å². The van der Waals surface area contributed by atoms with Gasteiger partial charge >= 0.3 is 0 Å². The molecule has 0 saturated heterocycles. The number of rotatable bonds is 2. The molecular weight excluding hydrogens is 308 g/mol. The largest absolute Gasteiger partial charge is 0.353 e. The van der Waals surface area contributed by atoms with Gasteiger partial charge in [-0.15, -0.1) is 0 Å². The van der Waals surface area contributed by atoms with Crippen molar-refractivity contribution in [1.29, 1.82) is 0 Å². The number of nitrogens with one attached hydrogen (secondary N) is 1. The standard InChI is InChI=1S/C21H30N4/c1-14-7-10-19-22-16(3)20(17-6-4-5-15(2)13-17)24-21(23-18-8-9-18)25(19)12-11-14/h4,6-7,10,13-16,18,20H,5,8-9,11-12H2,1-3H3,(H,23,24). The predicted molar refractivity (Wildman–Crippen MR) is 105 cm³/mol. The van der Waals surface area contributed by atoms with Gasteiger partial charge in [0.15, 0.2) is 0 Å². The van der Waals surface area contributed by atoms with Crippen molar-refractivity contribution in [2.75, 3.05) is 6.54 Å². The van der Waals surface area contributed by atoms with Gasteiger partial charge in [0, 0.05) is 12.6 Å². The summed E-state index contributed by atoms with van der Waals surface area (Å²) in [6, 6.07) is 0.842. The summed E-state index contributed by atoms with van der Waals surface area (Å²) in [5, 5.41) is 3.69. The molecule has 1 saturated carbocycles. The summed E-state index contributed by atoms with van der Waals surface area (Å²) in [4.78, 5) is 12.6. The lowest BCUT2D eigenvalue weighted by Crippen LogP contribution is -2.45. The van der Waals surface area contributed by atoms with Crippen molar-refractivity contribution < 1.29 is 0 Å². The number of hydrogen-bond donors (Lipinski definition) is 1. The van der Waals surface area contributed by atoms with E-state index in [4.69, 9.17) is 9.98 Å². The minimum Gasteiger partial charge on any atom is -0.353 e. The Morgan fingerprint density at radius 2 is 1.88 bits per heavy atom. The second kappa shape index (κ2) is 6.81. The number of guanidine groups is 1. The maximum Gasteiger partial charge on any atom is 0.200 e. The summed E-state index contributed by atoms with van der Waals surface area (Å²) in [5.41, 5.74) is 1.32. The number of amidine groups is 1. The Kier molecular flexibility index (Phi) is 4.53. The van der Waals surface area contributed by atoms with E-state index in [1.165, 1.54) is 18.4 Å². The van der Waals surface area contributed by atoms with Crippen molar-refractivity contribution in [1.82, 2.24) is 10.2 Å². The molecule has 0 bridgehead atoms. The van der Waals surface area contributed by atoms with Crippen LogP contribution in [0.5, 0.6) is 0 Å². The highest BCUT2D eigenvalue weighted by atomic mass is 15.4. The maximum absolute atomic E-state index is 5.21. The molecule has 0 aromatic rings. The summed E-state index contributed by atoms with van der Waals surface area (Å²) in [6.07, 6.45) is 16.2. The monoisotopic (exact) mass is 338 g/mol. The predicted octanol–water partition coefficient (Wildman–Crippen LogP) is 3.68. The van der Waals surface area contributed by atoms with Crippen LogP contribution in [0.15, 0.2) is 45.9 Å². The third kappa shape index (κ3) is 3.73. The fourth-order valence-electron chi connectivity index (χ4n) is 3.75. The second-order valence-electron chi connectivity index (χ2n) is 8.10. The first-order valence-electron chi connectivity index (χ1n) is 9.86. The Morgan fingerprint density at radius 1 is 1.04 bits per heavy atom. The lowest BCUT2D eigenvalue weighted by Gasteiger charge is -2.25. The molecule has 2 aliphatic carbocycles. The van der Waals surface area contributed by atoms with Crippen LogP contribution in [0.1, 0.15) is 46.5 Å². The zero-order valence-corrected chi connectivity index (χ0v) is 15.7. The molecule has 0 aromatic heterocycles. The molecule has 134 valence electrons. The fraction of sp³-hybridized carbons (Fsp3) is 0.619.